The van der Waals surface area contributed by atoms with E-state index in [4.69, 9.17) is 11.6 Å². The summed E-state index contributed by atoms with van der Waals surface area (Å²) < 4.78 is 14.4. The molecule has 0 aliphatic carbocycles. The van der Waals surface area contributed by atoms with Crippen molar-refractivity contribution in [3.8, 4) is 0 Å². The van der Waals surface area contributed by atoms with Gasteiger partial charge in [0.25, 0.3) is 0 Å². The van der Waals surface area contributed by atoms with E-state index in [1.807, 2.05) is 0 Å². The number of hydrogen-bond acceptors (Lipinski definition) is 2. The summed E-state index contributed by atoms with van der Waals surface area (Å²) in [6.45, 7) is 5.09. The lowest BCUT2D eigenvalue weighted by Crippen LogP contribution is -2.22. The molecule has 0 saturated heterocycles. The monoisotopic (exact) mass is 375 g/mol. The van der Waals surface area contributed by atoms with Crippen molar-refractivity contribution in [1.29, 1.82) is 0 Å². The number of halogens is 3. The van der Waals surface area contributed by atoms with E-state index in [0.717, 1.165) is 23.0 Å². The number of hydrogen-bond donors (Lipinski definition) is 1. The summed E-state index contributed by atoms with van der Waals surface area (Å²) in [6.07, 6.45) is 1.04. The third kappa shape index (κ3) is 3.61. The Morgan fingerprint density at radius 2 is 2.15 bits per heavy atom. The molecule has 0 amide bonds. The van der Waals surface area contributed by atoms with Gasteiger partial charge in [0.2, 0.25) is 0 Å². The lowest BCUT2D eigenvalue weighted by atomic mass is 10.0. The standard InChI is InChI=1S/C15H16BrClFNS/c1-3-6-19-14(15-11(16)7-9(2)20-15)10-4-5-13(18)12(17)8-10/h4-5,7-8,14,19H,3,6H2,1-2H3. The average Bonchev–Trinajstić information content (AvgIpc) is 2.73. The highest BCUT2D eigenvalue weighted by molar-refractivity contribution is 9.10. The van der Waals surface area contributed by atoms with Gasteiger partial charge in [-0.25, -0.2) is 4.39 Å². The second-order valence-electron chi connectivity index (χ2n) is 4.63. The van der Waals surface area contributed by atoms with Gasteiger partial charge in [0, 0.05) is 14.2 Å². The fourth-order valence-corrected chi connectivity index (χ4v) is 4.21. The highest BCUT2D eigenvalue weighted by Gasteiger charge is 2.19. The van der Waals surface area contributed by atoms with Crippen LogP contribution in [0.25, 0.3) is 0 Å². The zero-order valence-corrected chi connectivity index (χ0v) is 14.5. The Bertz CT molecular complexity index is 600. The third-order valence-electron chi connectivity index (χ3n) is 2.97. The van der Waals surface area contributed by atoms with E-state index in [9.17, 15) is 4.39 Å². The molecule has 0 fully saturated rings. The van der Waals surface area contributed by atoms with Crippen molar-refractivity contribution in [2.24, 2.45) is 0 Å². The van der Waals surface area contributed by atoms with Gasteiger partial charge in [-0.05, 0) is 59.6 Å². The van der Waals surface area contributed by atoms with Gasteiger partial charge in [0.1, 0.15) is 5.82 Å². The van der Waals surface area contributed by atoms with Gasteiger partial charge < -0.3 is 5.32 Å². The Morgan fingerprint density at radius 3 is 2.70 bits per heavy atom. The molecule has 1 unspecified atom stereocenters. The highest BCUT2D eigenvalue weighted by atomic mass is 79.9. The molecule has 1 atom stereocenters. The number of aryl methyl sites for hydroxylation is 1. The molecule has 1 heterocycles. The highest BCUT2D eigenvalue weighted by Crippen LogP contribution is 2.36. The van der Waals surface area contributed by atoms with E-state index in [-0.39, 0.29) is 16.9 Å². The van der Waals surface area contributed by atoms with E-state index in [1.165, 1.54) is 15.8 Å². The number of rotatable bonds is 5. The van der Waals surface area contributed by atoms with Crippen LogP contribution in [0.15, 0.2) is 28.7 Å². The molecule has 1 nitrogen and oxygen atoms in total. The molecular formula is C15H16BrClFNS. The van der Waals surface area contributed by atoms with Crippen molar-refractivity contribution < 1.29 is 4.39 Å². The predicted molar refractivity (Wildman–Crippen MR) is 88.3 cm³/mol. The molecule has 0 saturated carbocycles. The fraction of sp³-hybridized carbons (Fsp3) is 0.333. The van der Waals surface area contributed by atoms with E-state index < -0.39 is 0 Å². The third-order valence-corrected chi connectivity index (χ3v) is 5.30. The van der Waals surface area contributed by atoms with Crippen LogP contribution in [0, 0.1) is 12.7 Å². The maximum Gasteiger partial charge on any atom is 0.141 e. The summed E-state index contributed by atoms with van der Waals surface area (Å²) in [4.78, 5) is 2.43. The van der Waals surface area contributed by atoms with Gasteiger partial charge in [0.05, 0.1) is 11.1 Å². The van der Waals surface area contributed by atoms with Gasteiger partial charge in [-0.15, -0.1) is 11.3 Å². The van der Waals surface area contributed by atoms with Gasteiger partial charge in [-0.1, -0.05) is 24.6 Å². The molecule has 0 aliphatic rings. The Balaban J connectivity index is 2.41. The molecule has 2 rings (SSSR count). The second kappa shape index (κ2) is 7.03. The lowest BCUT2D eigenvalue weighted by Gasteiger charge is -2.19. The zero-order valence-electron chi connectivity index (χ0n) is 11.3. The van der Waals surface area contributed by atoms with Gasteiger partial charge in [-0.2, -0.15) is 0 Å². The van der Waals surface area contributed by atoms with Crippen LogP contribution in [0.4, 0.5) is 4.39 Å². The minimum atomic E-state index is -0.383. The van der Waals surface area contributed by atoms with Crippen LogP contribution in [0.3, 0.4) is 0 Å². The molecule has 1 N–H and O–H groups in total. The maximum atomic E-state index is 13.3. The first-order valence-corrected chi connectivity index (χ1v) is 8.45. The van der Waals surface area contributed by atoms with Gasteiger partial charge in [-0.3, -0.25) is 0 Å². The quantitative estimate of drug-likeness (QED) is 0.705. The summed E-state index contributed by atoms with van der Waals surface area (Å²) in [5.74, 6) is -0.383. The van der Waals surface area contributed by atoms with Crippen LogP contribution in [0.1, 0.15) is 34.7 Å². The predicted octanol–water partition coefficient (Wildman–Crippen LogP) is 5.70. The minimum Gasteiger partial charge on any atom is -0.306 e. The van der Waals surface area contributed by atoms with Crippen molar-refractivity contribution in [2.45, 2.75) is 26.3 Å². The van der Waals surface area contributed by atoms with E-state index in [2.05, 4.69) is 41.2 Å². The van der Waals surface area contributed by atoms with E-state index in [0.29, 0.717) is 0 Å². The van der Waals surface area contributed by atoms with Crippen LogP contribution in [-0.4, -0.2) is 6.54 Å². The van der Waals surface area contributed by atoms with Crippen molar-refractivity contribution in [2.75, 3.05) is 6.54 Å². The van der Waals surface area contributed by atoms with Gasteiger partial charge >= 0.3 is 0 Å². The molecule has 2 aromatic rings. The van der Waals surface area contributed by atoms with Crippen LogP contribution in [0.2, 0.25) is 5.02 Å². The molecule has 5 heteroatoms. The first-order valence-electron chi connectivity index (χ1n) is 6.47. The number of benzene rings is 1. The van der Waals surface area contributed by atoms with Crippen molar-refractivity contribution in [1.82, 2.24) is 5.32 Å². The first-order chi connectivity index (χ1) is 9.52. The molecule has 1 aromatic carbocycles. The molecule has 0 radical (unpaired) electrons. The Labute approximate surface area is 136 Å². The summed E-state index contributed by atoms with van der Waals surface area (Å²) >= 11 is 11.2. The topological polar surface area (TPSA) is 12.0 Å². The first kappa shape index (κ1) is 16.0. The number of thiophene rings is 1. The average molecular weight is 377 g/mol. The fourth-order valence-electron chi connectivity index (χ4n) is 2.04. The van der Waals surface area contributed by atoms with E-state index in [1.54, 1.807) is 23.5 Å². The van der Waals surface area contributed by atoms with Crippen LogP contribution >= 0.6 is 38.9 Å². The molecule has 0 bridgehead atoms. The van der Waals surface area contributed by atoms with Crippen molar-refractivity contribution in [3.63, 3.8) is 0 Å². The molecule has 108 valence electrons. The minimum absolute atomic E-state index is 0.0288. The van der Waals surface area contributed by atoms with Crippen LogP contribution < -0.4 is 5.32 Å². The summed E-state index contributed by atoms with van der Waals surface area (Å²) in [7, 11) is 0. The Kier molecular flexibility index (Phi) is 5.61. The Hall–Kier alpha value is -0.420. The summed E-state index contributed by atoms with van der Waals surface area (Å²) in [5, 5.41) is 3.66. The molecule has 0 aliphatic heterocycles. The molecule has 1 aromatic heterocycles. The molecule has 0 spiro atoms. The molecular weight excluding hydrogens is 361 g/mol. The van der Waals surface area contributed by atoms with Crippen molar-refractivity contribution >= 4 is 38.9 Å². The maximum absolute atomic E-state index is 13.3. The van der Waals surface area contributed by atoms with Crippen LogP contribution in [-0.2, 0) is 0 Å². The van der Waals surface area contributed by atoms with Crippen LogP contribution in [0.5, 0.6) is 0 Å². The van der Waals surface area contributed by atoms with E-state index >= 15 is 0 Å². The van der Waals surface area contributed by atoms with Crippen molar-refractivity contribution in [3.05, 3.63) is 54.9 Å². The zero-order chi connectivity index (χ0) is 14.7. The SMILES string of the molecule is CCCNC(c1ccc(F)c(Cl)c1)c1sc(C)cc1Br. The summed E-state index contributed by atoms with van der Waals surface area (Å²) in [6, 6.07) is 7.04. The largest absolute Gasteiger partial charge is 0.306 e. The normalized spacial score (nSPS) is 12.7. The van der Waals surface area contributed by atoms with Gasteiger partial charge in [0.15, 0.2) is 0 Å². The lowest BCUT2D eigenvalue weighted by molar-refractivity contribution is 0.598. The molecule has 20 heavy (non-hydrogen) atoms. The number of nitrogens with one attached hydrogen (secondary N) is 1. The second-order valence-corrected chi connectivity index (χ2v) is 7.18. The Morgan fingerprint density at radius 1 is 1.40 bits per heavy atom. The summed E-state index contributed by atoms with van der Waals surface area (Å²) in [5.41, 5.74) is 0.979. The smallest absolute Gasteiger partial charge is 0.141 e.